The molecule has 3 heterocycles. The number of aromatic nitrogens is 3. The van der Waals surface area contributed by atoms with Gasteiger partial charge in [0, 0.05) is 30.2 Å². The molecule has 1 N–H and O–H groups in total. The average molecular weight is 418 g/mol. The smallest absolute Gasteiger partial charge is 0.273 e. The number of hydrogen-bond acceptors (Lipinski definition) is 8. The lowest BCUT2D eigenvalue weighted by molar-refractivity contribution is 0.0944. The molecule has 1 amide bonds. The van der Waals surface area contributed by atoms with Crippen molar-refractivity contribution in [1.29, 1.82) is 0 Å². The number of benzene rings is 2. The first-order chi connectivity index (χ1) is 15.3. The SMILES string of the molecule is O=C(NCCc1nnc(-c2ccccc2)o1)c1cc(-c2ccc3c(c2)OCCO3)on1. The summed E-state index contributed by atoms with van der Waals surface area (Å²) in [4.78, 5) is 12.4. The molecule has 5 rings (SSSR count). The van der Waals surface area contributed by atoms with Crippen LogP contribution in [0.1, 0.15) is 16.4 Å². The molecule has 0 saturated heterocycles. The number of carbonyl (C=O) groups excluding carboxylic acids is 1. The van der Waals surface area contributed by atoms with Crippen molar-refractivity contribution in [3.8, 4) is 34.3 Å². The Morgan fingerprint density at radius 1 is 0.935 bits per heavy atom. The minimum absolute atomic E-state index is 0.181. The maximum Gasteiger partial charge on any atom is 0.273 e. The Bertz CT molecular complexity index is 1200. The summed E-state index contributed by atoms with van der Waals surface area (Å²) >= 11 is 0. The van der Waals surface area contributed by atoms with Crippen molar-refractivity contribution in [3.63, 3.8) is 0 Å². The fourth-order valence-corrected chi connectivity index (χ4v) is 3.14. The first kappa shape index (κ1) is 18.9. The van der Waals surface area contributed by atoms with Gasteiger partial charge in [-0.2, -0.15) is 0 Å². The normalized spacial score (nSPS) is 12.5. The summed E-state index contributed by atoms with van der Waals surface area (Å²) in [6, 6.07) is 16.5. The second kappa shape index (κ2) is 8.31. The van der Waals surface area contributed by atoms with Gasteiger partial charge in [0.2, 0.25) is 11.8 Å². The van der Waals surface area contributed by atoms with Crippen LogP contribution < -0.4 is 14.8 Å². The van der Waals surface area contributed by atoms with Crippen molar-refractivity contribution in [1.82, 2.24) is 20.7 Å². The van der Waals surface area contributed by atoms with Crippen molar-refractivity contribution >= 4 is 5.91 Å². The first-order valence-electron chi connectivity index (χ1n) is 9.79. The topological polar surface area (TPSA) is 113 Å². The van der Waals surface area contributed by atoms with Crippen LogP contribution in [0, 0.1) is 0 Å². The van der Waals surface area contributed by atoms with Crippen LogP contribution >= 0.6 is 0 Å². The lowest BCUT2D eigenvalue weighted by atomic mass is 10.1. The first-order valence-corrected chi connectivity index (χ1v) is 9.79. The van der Waals surface area contributed by atoms with E-state index in [1.807, 2.05) is 36.4 Å². The van der Waals surface area contributed by atoms with Crippen molar-refractivity contribution < 1.29 is 23.2 Å². The Kier molecular flexibility index (Phi) is 5.05. The van der Waals surface area contributed by atoms with Gasteiger partial charge in [0.1, 0.15) is 13.2 Å². The van der Waals surface area contributed by atoms with Crippen molar-refractivity contribution in [2.24, 2.45) is 0 Å². The summed E-state index contributed by atoms with van der Waals surface area (Å²) in [5.41, 5.74) is 1.77. The molecule has 2 aromatic carbocycles. The van der Waals surface area contributed by atoms with Gasteiger partial charge in [0.05, 0.1) is 0 Å². The Labute approximate surface area is 177 Å². The molecular formula is C22H18N4O5. The molecule has 1 aliphatic heterocycles. The third-order valence-electron chi connectivity index (χ3n) is 4.68. The molecule has 0 unspecified atom stereocenters. The summed E-state index contributed by atoms with van der Waals surface area (Å²) in [6.45, 7) is 1.34. The Morgan fingerprint density at radius 3 is 2.65 bits per heavy atom. The molecule has 31 heavy (non-hydrogen) atoms. The molecule has 0 bridgehead atoms. The van der Waals surface area contributed by atoms with E-state index >= 15 is 0 Å². The lowest BCUT2D eigenvalue weighted by Crippen LogP contribution is -2.26. The third-order valence-corrected chi connectivity index (χ3v) is 4.68. The molecule has 9 nitrogen and oxygen atoms in total. The molecule has 0 spiro atoms. The molecule has 2 aromatic heterocycles. The molecule has 0 fully saturated rings. The van der Waals surface area contributed by atoms with Gasteiger partial charge in [-0.3, -0.25) is 4.79 Å². The van der Waals surface area contributed by atoms with Crippen molar-refractivity contribution in [3.05, 3.63) is 66.2 Å². The second-order valence-corrected chi connectivity index (χ2v) is 6.81. The van der Waals surface area contributed by atoms with Gasteiger partial charge in [0.25, 0.3) is 5.91 Å². The molecule has 156 valence electrons. The number of nitrogens with one attached hydrogen (secondary N) is 1. The van der Waals surface area contributed by atoms with E-state index in [4.69, 9.17) is 18.4 Å². The molecule has 0 atom stereocenters. The highest BCUT2D eigenvalue weighted by Crippen LogP contribution is 2.34. The maximum absolute atomic E-state index is 12.4. The predicted molar refractivity (Wildman–Crippen MR) is 109 cm³/mol. The van der Waals surface area contributed by atoms with Crippen LogP contribution in [0.5, 0.6) is 11.5 Å². The monoisotopic (exact) mass is 418 g/mol. The van der Waals surface area contributed by atoms with E-state index in [9.17, 15) is 4.79 Å². The molecule has 9 heteroatoms. The van der Waals surface area contributed by atoms with E-state index in [1.165, 1.54) is 0 Å². The highest BCUT2D eigenvalue weighted by molar-refractivity contribution is 5.93. The van der Waals surface area contributed by atoms with Gasteiger partial charge in [0.15, 0.2) is 23.0 Å². The van der Waals surface area contributed by atoms with E-state index in [0.717, 1.165) is 11.1 Å². The Balaban J connectivity index is 1.18. The molecule has 0 saturated carbocycles. The van der Waals surface area contributed by atoms with Gasteiger partial charge in [-0.1, -0.05) is 23.4 Å². The number of ether oxygens (including phenoxy) is 2. The minimum atomic E-state index is -0.352. The average Bonchev–Trinajstić information content (AvgIpc) is 3.50. The van der Waals surface area contributed by atoms with E-state index in [0.29, 0.717) is 55.2 Å². The molecule has 0 aliphatic carbocycles. The zero-order valence-electron chi connectivity index (χ0n) is 16.4. The number of rotatable bonds is 6. The van der Waals surface area contributed by atoms with Crippen LogP contribution in [0.15, 0.2) is 63.5 Å². The highest BCUT2D eigenvalue weighted by atomic mass is 16.6. The van der Waals surface area contributed by atoms with E-state index in [2.05, 4.69) is 20.7 Å². The van der Waals surface area contributed by atoms with E-state index in [1.54, 1.807) is 18.2 Å². The fraction of sp³-hybridized carbons (Fsp3) is 0.182. The molecular weight excluding hydrogens is 400 g/mol. The quantitative estimate of drug-likeness (QED) is 0.508. The summed E-state index contributed by atoms with van der Waals surface area (Å²) in [6.07, 6.45) is 0.401. The summed E-state index contributed by atoms with van der Waals surface area (Å²) in [5, 5.41) is 14.7. The number of nitrogens with zero attached hydrogens (tertiary/aromatic N) is 3. The lowest BCUT2D eigenvalue weighted by Gasteiger charge is -2.18. The van der Waals surface area contributed by atoms with Gasteiger partial charge in [-0.05, 0) is 30.3 Å². The van der Waals surface area contributed by atoms with Crippen molar-refractivity contribution in [2.45, 2.75) is 6.42 Å². The zero-order chi connectivity index (χ0) is 21.0. The van der Waals surface area contributed by atoms with Crippen LogP contribution in [0.4, 0.5) is 0 Å². The van der Waals surface area contributed by atoms with E-state index < -0.39 is 0 Å². The minimum Gasteiger partial charge on any atom is -0.486 e. The third kappa shape index (κ3) is 4.11. The highest BCUT2D eigenvalue weighted by Gasteiger charge is 2.17. The molecule has 1 aliphatic rings. The number of carbonyl (C=O) groups is 1. The van der Waals surface area contributed by atoms with Crippen LogP contribution in [-0.2, 0) is 6.42 Å². The van der Waals surface area contributed by atoms with Gasteiger partial charge in [-0.15, -0.1) is 10.2 Å². The van der Waals surface area contributed by atoms with Gasteiger partial charge < -0.3 is 23.7 Å². The number of fused-ring (bicyclic) bond motifs is 1. The predicted octanol–water partition coefficient (Wildman–Crippen LogP) is 3.14. The maximum atomic E-state index is 12.4. The largest absolute Gasteiger partial charge is 0.486 e. The fourth-order valence-electron chi connectivity index (χ4n) is 3.14. The molecule has 4 aromatic rings. The van der Waals surface area contributed by atoms with Crippen LogP contribution in [0.2, 0.25) is 0 Å². The Morgan fingerprint density at radius 2 is 1.77 bits per heavy atom. The van der Waals surface area contributed by atoms with Gasteiger partial charge >= 0.3 is 0 Å². The second-order valence-electron chi connectivity index (χ2n) is 6.81. The zero-order valence-corrected chi connectivity index (χ0v) is 16.4. The Hall–Kier alpha value is -4.14. The number of amides is 1. The van der Waals surface area contributed by atoms with Crippen LogP contribution in [-0.4, -0.2) is 41.0 Å². The van der Waals surface area contributed by atoms with E-state index in [-0.39, 0.29) is 11.6 Å². The summed E-state index contributed by atoms with van der Waals surface area (Å²) in [5.74, 6) is 2.32. The molecule has 0 radical (unpaired) electrons. The van der Waals surface area contributed by atoms with Crippen LogP contribution in [0.3, 0.4) is 0 Å². The summed E-state index contributed by atoms with van der Waals surface area (Å²) < 4.78 is 22.1. The van der Waals surface area contributed by atoms with Crippen LogP contribution in [0.25, 0.3) is 22.8 Å². The standard InChI is InChI=1S/C22H18N4O5/c27-21(23-9-8-20-24-25-22(30-20)14-4-2-1-3-5-14)16-13-18(31-26-16)15-6-7-17-19(12-15)29-11-10-28-17/h1-7,12-13H,8-11H2,(H,23,27). The van der Waals surface area contributed by atoms with Crippen molar-refractivity contribution in [2.75, 3.05) is 19.8 Å². The summed E-state index contributed by atoms with van der Waals surface area (Å²) in [7, 11) is 0. The number of hydrogen-bond donors (Lipinski definition) is 1. The van der Waals surface area contributed by atoms with Gasteiger partial charge in [-0.25, -0.2) is 0 Å².